The Labute approximate surface area is 155 Å². The van der Waals surface area contributed by atoms with Crippen molar-refractivity contribution in [3.05, 3.63) is 50.9 Å². The Morgan fingerprint density at radius 3 is 2.79 bits per heavy atom. The summed E-state index contributed by atoms with van der Waals surface area (Å²) in [5.74, 6) is 0.396. The molecule has 2 aromatic rings. The van der Waals surface area contributed by atoms with Gasteiger partial charge in [-0.2, -0.15) is 5.10 Å². The molecule has 0 heterocycles. The lowest BCUT2D eigenvalue weighted by atomic mass is 10.2. The molecule has 0 aliphatic carbocycles. The van der Waals surface area contributed by atoms with Crippen LogP contribution in [-0.4, -0.2) is 30.9 Å². The topological polar surface area (TPSA) is 80.2 Å². The van der Waals surface area contributed by atoms with Gasteiger partial charge in [0.1, 0.15) is 5.75 Å². The van der Waals surface area contributed by atoms with Crippen molar-refractivity contribution in [3.63, 3.8) is 0 Å². The van der Waals surface area contributed by atoms with Crippen LogP contribution >= 0.6 is 31.9 Å². The first-order chi connectivity index (χ1) is 11.5. The highest BCUT2D eigenvalue weighted by Gasteiger charge is 2.07. The first-order valence-corrected chi connectivity index (χ1v) is 8.35. The Bertz CT molecular complexity index is 766. The maximum absolute atomic E-state index is 11.7. The first kappa shape index (κ1) is 18.3. The fourth-order valence-corrected chi connectivity index (χ4v) is 2.91. The van der Waals surface area contributed by atoms with Crippen molar-refractivity contribution >= 4 is 44.0 Å². The number of carbonyl (C=O) groups excluding carboxylic acids is 1. The minimum absolute atomic E-state index is 0.0481. The molecule has 0 spiro atoms. The number of benzene rings is 2. The monoisotopic (exact) mass is 456 g/mol. The predicted octanol–water partition coefficient (Wildman–Crippen LogP) is 3.45. The zero-order valence-electron chi connectivity index (χ0n) is 12.6. The molecule has 0 bridgehead atoms. The largest absolute Gasteiger partial charge is 0.504 e. The number of aromatic hydroxyl groups is 1. The van der Waals surface area contributed by atoms with Gasteiger partial charge in [0.15, 0.2) is 18.1 Å². The van der Waals surface area contributed by atoms with Crippen LogP contribution in [0.15, 0.2) is 50.4 Å². The average Bonchev–Trinajstić information content (AvgIpc) is 2.55. The number of phenols is 1. The Morgan fingerprint density at radius 2 is 2.08 bits per heavy atom. The molecule has 1 amide bonds. The lowest BCUT2D eigenvalue weighted by molar-refractivity contribution is -0.123. The van der Waals surface area contributed by atoms with Gasteiger partial charge in [-0.05, 0) is 46.3 Å². The molecule has 2 N–H and O–H groups in total. The molecule has 0 unspecified atom stereocenters. The predicted molar refractivity (Wildman–Crippen MR) is 97.7 cm³/mol. The van der Waals surface area contributed by atoms with Gasteiger partial charge in [0.2, 0.25) is 0 Å². The fourth-order valence-electron chi connectivity index (χ4n) is 1.75. The summed E-state index contributed by atoms with van der Waals surface area (Å²) in [6.07, 6.45) is 1.32. The van der Waals surface area contributed by atoms with E-state index in [1.54, 1.807) is 24.3 Å². The zero-order chi connectivity index (χ0) is 17.5. The molecule has 0 atom stereocenters. The molecule has 0 radical (unpaired) electrons. The van der Waals surface area contributed by atoms with Crippen LogP contribution in [0, 0.1) is 0 Å². The van der Waals surface area contributed by atoms with E-state index in [4.69, 9.17) is 9.47 Å². The number of para-hydroxylation sites is 1. The van der Waals surface area contributed by atoms with Crippen molar-refractivity contribution in [2.75, 3.05) is 13.7 Å². The number of amides is 1. The summed E-state index contributed by atoms with van der Waals surface area (Å²) in [5, 5.41) is 13.7. The van der Waals surface area contributed by atoms with Crippen molar-refractivity contribution in [1.29, 1.82) is 0 Å². The number of phenolic OH excluding ortho intramolecular Hbond substituents is 1. The quantitative estimate of drug-likeness (QED) is 0.514. The molecular formula is C16H14Br2N2O4. The standard InChI is InChI=1S/C16H14Br2N2O4/c1-23-14-4-2-3-10(16(14)22)8-19-20-15(21)9-24-13-6-5-11(17)7-12(13)18/h2-8,22H,9H2,1H3,(H,20,21). The Balaban J connectivity index is 1.89. The molecule has 0 saturated heterocycles. The van der Waals surface area contributed by atoms with Gasteiger partial charge >= 0.3 is 0 Å². The van der Waals surface area contributed by atoms with Gasteiger partial charge < -0.3 is 14.6 Å². The van der Waals surface area contributed by atoms with Gasteiger partial charge in [0, 0.05) is 10.0 Å². The Kier molecular flexibility index (Phi) is 6.62. The number of hydrogen-bond acceptors (Lipinski definition) is 5. The van der Waals surface area contributed by atoms with E-state index in [0.29, 0.717) is 17.1 Å². The molecule has 0 fully saturated rings. The van der Waals surface area contributed by atoms with Crippen LogP contribution in [0.1, 0.15) is 5.56 Å². The number of halogens is 2. The molecule has 0 saturated carbocycles. The fraction of sp³-hybridized carbons (Fsp3) is 0.125. The molecule has 2 aromatic carbocycles. The maximum atomic E-state index is 11.7. The lowest BCUT2D eigenvalue weighted by Gasteiger charge is -2.07. The van der Waals surface area contributed by atoms with E-state index < -0.39 is 5.91 Å². The van der Waals surface area contributed by atoms with Crippen LogP contribution in [0.25, 0.3) is 0 Å². The zero-order valence-corrected chi connectivity index (χ0v) is 15.8. The van der Waals surface area contributed by atoms with Crippen molar-refractivity contribution in [2.45, 2.75) is 0 Å². The van der Waals surface area contributed by atoms with Crippen LogP contribution in [-0.2, 0) is 4.79 Å². The van der Waals surface area contributed by atoms with Crippen LogP contribution in [0.5, 0.6) is 17.2 Å². The van der Waals surface area contributed by atoms with E-state index in [1.807, 2.05) is 12.1 Å². The molecule has 126 valence electrons. The van der Waals surface area contributed by atoms with Crippen molar-refractivity contribution in [2.24, 2.45) is 5.10 Å². The van der Waals surface area contributed by atoms with Gasteiger partial charge in [-0.1, -0.05) is 22.0 Å². The molecule has 6 nitrogen and oxygen atoms in total. The van der Waals surface area contributed by atoms with E-state index in [-0.39, 0.29) is 12.4 Å². The molecule has 0 aliphatic heterocycles. The summed E-state index contributed by atoms with van der Waals surface area (Å²) in [6.45, 7) is -0.193. The highest BCUT2D eigenvalue weighted by molar-refractivity contribution is 9.11. The second-order valence-electron chi connectivity index (χ2n) is 4.55. The van der Waals surface area contributed by atoms with E-state index in [1.165, 1.54) is 13.3 Å². The van der Waals surface area contributed by atoms with Gasteiger partial charge in [-0.3, -0.25) is 4.79 Å². The van der Waals surface area contributed by atoms with E-state index >= 15 is 0 Å². The third kappa shape index (κ3) is 4.97. The highest BCUT2D eigenvalue weighted by atomic mass is 79.9. The molecule has 24 heavy (non-hydrogen) atoms. The van der Waals surface area contributed by atoms with E-state index in [9.17, 15) is 9.90 Å². The van der Waals surface area contributed by atoms with Crippen LogP contribution in [0.4, 0.5) is 0 Å². The minimum Gasteiger partial charge on any atom is -0.504 e. The molecular weight excluding hydrogens is 444 g/mol. The molecule has 2 rings (SSSR count). The Hall–Kier alpha value is -2.06. The van der Waals surface area contributed by atoms with Gasteiger partial charge in [0.05, 0.1) is 17.8 Å². The summed E-state index contributed by atoms with van der Waals surface area (Å²) in [6, 6.07) is 10.3. The van der Waals surface area contributed by atoms with Crippen LogP contribution in [0.3, 0.4) is 0 Å². The SMILES string of the molecule is COc1cccc(C=NNC(=O)COc2ccc(Br)cc2Br)c1O. The number of nitrogens with zero attached hydrogens (tertiary/aromatic N) is 1. The normalized spacial score (nSPS) is 10.6. The second-order valence-corrected chi connectivity index (χ2v) is 6.32. The number of ether oxygens (including phenoxy) is 2. The molecule has 0 aliphatic rings. The average molecular weight is 458 g/mol. The summed E-state index contributed by atoms with van der Waals surface area (Å²) in [7, 11) is 1.45. The number of hydrazone groups is 1. The maximum Gasteiger partial charge on any atom is 0.277 e. The summed E-state index contributed by atoms with van der Waals surface area (Å²) in [4.78, 5) is 11.7. The van der Waals surface area contributed by atoms with Gasteiger partial charge in [-0.25, -0.2) is 5.43 Å². The number of rotatable bonds is 6. The van der Waals surface area contributed by atoms with Gasteiger partial charge in [0.25, 0.3) is 5.91 Å². The Morgan fingerprint density at radius 1 is 1.29 bits per heavy atom. The van der Waals surface area contributed by atoms with Crippen LogP contribution in [0.2, 0.25) is 0 Å². The smallest absolute Gasteiger partial charge is 0.277 e. The summed E-state index contributed by atoms with van der Waals surface area (Å²) >= 11 is 6.68. The first-order valence-electron chi connectivity index (χ1n) is 6.77. The summed E-state index contributed by atoms with van der Waals surface area (Å²) in [5.41, 5.74) is 2.75. The third-order valence-corrected chi connectivity index (χ3v) is 4.01. The highest BCUT2D eigenvalue weighted by Crippen LogP contribution is 2.28. The number of methoxy groups -OCH3 is 1. The van der Waals surface area contributed by atoms with E-state index in [2.05, 4.69) is 42.4 Å². The second kappa shape index (κ2) is 8.70. The van der Waals surface area contributed by atoms with E-state index in [0.717, 1.165) is 8.95 Å². The van der Waals surface area contributed by atoms with Crippen molar-refractivity contribution in [3.8, 4) is 17.2 Å². The lowest BCUT2D eigenvalue weighted by Crippen LogP contribution is -2.24. The number of nitrogens with one attached hydrogen (secondary N) is 1. The van der Waals surface area contributed by atoms with Crippen molar-refractivity contribution in [1.82, 2.24) is 5.43 Å². The molecule has 8 heteroatoms. The third-order valence-electron chi connectivity index (χ3n) is 2.90. The van der Waals surface area contributed by atoms with Gasteiger partial charge in [-0.15, -0.1) is 0 Å². The summed E-state index contributed by atoms with van der Waals surface area (Å²) < 4.78 is 12.0. The number of hydrogen-bond donors (Lipinski definition) is 2. The van der Waals surface area contributed by atoms with Crippen LogP contribution < -0.4 is 14.9 Å². The molecule has 0 aromatic heterocycles. The number of carbonyl (C=O) groups is 1. The van der Waals surface area contributed by atoms with Crippen molar-refractivity contribution < 1.29 is 19.4 Å². The minimum atomic E-state index is -0.427.